The molecule has 470 valence electrons. The number of rotatable bonds is 63. The highest BCUT2D eigenvalue weighted by Gasteiger charge is 2.19. The largest absolute Gasteiger partial charge is 0.462 e. The van der Waals surface area contributed by atoms with Gasteiger partial charge in [-0.05, 0) is 128 Å². The Morgan fingerprint density at radius 2 is 0.476 bits per heavy atom. The first-order valence-corrected chi connectivity index (χ1v) is 34.9. The van der Waals surface area contributed by atoms with Gasteiger partial charge in [0.25, 0.3) is 0 Å². The molecule has 6 heteroatoms. The number of allylic oxidation sites excluding steroid dienone is 18. The molecule has 0 saturated heterocycles. The van der Waals surface area contributed by atoms with Gasteiger partial charge in [-0.25, -0.2) is 0 Å². The van der Waals surface area contributed by atoms with Gasteiger partial charge < -0.3 is 14.2 Å². The number of unbranched alkanes of at least 4 members (excludes halogenated alkanes) is 34. The van der Waals surface area contributed by atoms with E-state index in [0.29, 0.717) is 19.3 Å². The normalized spacial score (nSPS) is 12.8. The molecular weight excluding hydrogens is 1010 g/mol. The molecule has 0 heterocycles. The number of carbonyl (C=O) groups is 3. The molecule has 0 amide bonds. The van der Waals surface area contributed by atoms with E-state index in [2.05, 4.69) is 130 Å². The quantitative estimate of drug-likeness (QED) is 0.0261. The molecule has 0 radical (unpaired) electrons. The summed E-state index contributed by atoms with van der Waals surface area (Å²) in [6, 6.07) is 0. The lowest BCUT2D eigenvalue weighted by Gasteiger charge is -2.18. The van der Waals surface area contributed by atoms with E-state index >= 15 is 0 Å². The number of esters is 3. The lowest BCUT2D eigenvalue weighted by atomic mass is 10.1. The topological polar surface area (TPSA) is 78.9 Å². The maximum atomic E-state index is 13.0. The van der Waals surface area contributed by atoms with Crippen molar-refractivity contribution in [1.82, 2.24) is 0 Å². The van der Waals surface area contributed by atoms with Gasteiger partial charge in [0.2, 0.25) is 0 Å². The van der Waals surface area contributed by atoms with E-state index in [1.807, 2.05) is 0 Å². The molecule has 0 fully saturated rings. The molecule has 0 bridgehead atoms. The number of hydrogen-bond acceptors (Lipinski definition) is 6. The van der Waals surface area contributed by atoms with Crippen molar-refractivity contribution in [3.05, 3.63) is 109 Å². The van der Waals surface area contributed by atoms with Gasteiger partial charge in [-0.15, -0.1) is 0 Å². The van der Waals surface area contributed by atoms with Crippen molar-refractivity contribution in [3.8, 4) is 0 Å². The average Bonchev–Trinajstić information content (AvgIpc) is 3.47. The van der Waals surface area contributed by atoms with Crippen LogP contribution in [0, 0.1) is 0 Å². The van der Waals surface area contributed by atoms with Gasteiger partial charge in [0.15, 0.2) is 6.10 Å². The van der Waals surface area contributed by atoms with Crippen molar-refractivity contribution in [2.75, 3.05) is 13.2 Å². The lowest BCUT2D eigenvalue weighted by molar-refractivity contribution is -0.167. The summed E-state index contributed by atoms with van der Waals surface area (Å²) in [5.41, 5.74) is 0. The summed E-state index contributed by atoms with van der Waals surface area (Å²) in [6.07, 6.45) is 95.2. The van der Waals surface area contributed by atoms with Crippen molar-refractivity contribution in [3.63, 3.8) is 0 Å². The molecule has 0 aromatic carbocycles. The van der Waals surface area contributed by atoms with Crippen LogP contribution in [0.1, 0.15) is 335 Å². The average molecular weight is 1140 g/mol. The zero-order valence-corrected chi connectivity index (χ0v) is 54.0. The van der Waals surface area contributed by atoms with Crippen molar-refractivity contribution in [1.29, 1.82) is 0 Å². The first-order chi connectivity index (χ1) is 40.5. The molecule has 0 aliphatic carbocycles. The molecule has 0 spiro atoms. The SMILES string of the molecule is CC/C=C\C/C=C\C/C=C\C/C=C\C/C=C\CCCCCCCCCCCC(=O)OCC(COC(=O)CCCCCCCCC/C=C\C/C=C\CCCCCC)OC(=O)CCCCCCCCCCC/C=C\C/C=C\CCCCCCC. The minimum atomic E-state index is -0.790. The summed E-state index contributed by atoms with van der Waals surface area (Å²) in [5, 5.41) is 0. The molecule has 6 nitrogen and oxygen atoms in total. The van der Waals surface area contributed by atoms with Crippen LogP contribution in [0.15, 0.2) is 109 Å². The van der Waals surface area contributed by atoms with Crippen LogP contribution in [0.2, 0.25) is 0 Å². The van der Waals surface area contributed by atoms with Crippen molar-refractivity contribution in [2.45, 2.75) is 341 Å². The third-order valence-electron chi connectivity index (χ3n) is 15.0. The molecule has 0 rings (SSSR count). The highest BCUT2D eigenvalue weighted by molar-refractivity contribution is 5.71. The number of hydrogen-bond donors (Lipinski definition) is 0. The van der Waals surface area contributed by atoms with E-state index in [-0.39, 0.29) is 31.1 Å². The molecule has 0 aromatic rings. The van der Waals surface area contributed by atoms with Gasteiger partial charge in [-0.2, -0.15) is 0 Å². The number of carbonyl (C=O) groups excluding carboxylic acids is 3. The summed E-state index contributed by atoms with van der Waals surface area (Å²) in [5.74, 6) is -0.890. The summed E-state index contributed by atoms with van der Waals surface area (Å²) < 4.78 is 17.0. The van der Waals surface area contributed by atoms with E-state index in [4.69, 9.17) is 14.2 Å². The zero-order valence-electron chi connectivity index (χ0n) is 54.0. The smallest absolute Gasteiger partial charge is 0.306 e. The Labute approximate surface area is 508 Å². The Morgan fingerprint density at radius 3 is 0.756 bits per heavy atom. The Kier molecular flexibility index (Phi) is 66.2. The lowest BCUT2D eigenvalue weighted by Crippen LogP contribution is -2.30. The van der Waals surface area contributed by atoms with E-state index in [1.54, 1.807) is 0 Å². The summed E-state index contributed by atoms with van der Waals surface area (Å²) >= 11 is 0. The van der Waals surface area contributed by atoms with E-state index in [1.165, 1.54) is 180 Å². The highest BCUT2D eigenvalue weighted by atomic mass is 16.6. The fourth-order valence-electron chi connectivity index (χ4n) is 9.77. The van der Waals surface area contributed by atoms with Gasteiger partial charge >= 0.3 is 17.9 Å². The summed E-state index contributed by atoms with van der Waals surface area (Å²) in [4.78, 5) is 38.5. The van der Waals surface area contributed by atoms with Gasteiger partial charge in [-0.1, -0.05) is 297 Å². The van der Waals surface area contributed by atoms with Gasteiger partial charge in [0.05, 0.1) is 0 Å². The second kappa shape index (κ2) is 69.6. The Hall–Kier alpha value is -3.93. The predicted molar refractivity (Wildman–Crippen MR) is 357 cm³/mol. The van der Waals surface area contributed by atoms with Gasteiger partial charge in [0.1, 0.15) is 13.2 Å². The minimum Gasteiger partial charge on any atom is -0.462 e. The van der Waals surface area contributed by atoms with Crippen molar-refractivity contribution in [2.24, 2.45) is 0 Å². The van der Waals surface area contributed by atoms with Crippen LogP contribution in [-0.4, -0.2) is 37.2 Å². The summed E-state index contributed by atoms with van der Waals surface area (Å²) in [6.45, 7) is 6.52. The first kappa shape index (κ1) is 78.1. The maximum Gasteiger partial charge on any atom is 0.306 e. The molecule has 1 unspecified atom stereocenters. The van der Waals surface area contributed by atoms with E-state index in [0.717, 1.165) is 116 Å². The van der Waals surface area contributed by atoms with Crippen LogP contribution in [0.4, 0.5) is 0 Å². The van der Waals surface area contributed by atoms with Gasteiger partial charge in [-0.3, -0.25) is 14.4 Å². The van der Waals surface area contributed by atoms with Crippen LogP contribution in [-0.2, 0) is 28.6 Å². The van der Waals surface area contributed by atoms with E-state index < -0.39 is 6.10 Å². The van der Waals surface area contributed by atoms with Crippen LogP contribution in [0.25, 0.3) is 0 Å². The van der Waals surface area contributed by atoms with Crippen molar-refractivity contribution < 1.29 is 28.6 Å². The van der Waals surface area contributed by atoms with Gasteiger partial charge in [0, 0.05) is 19.3 Å². The Bertz CT molecular complexity index is 1640. The molecule has 0 saturated carbocycles. The van der Waals surface area contributed by atoms with Crippen LogP contribution in [0.5, 0.6) is 0 Å². The second-order valence-electron chi connectivity index (χ2n) is 23.1. The number of ether oxygens (including phenoxy) is 3. The predicted octanol–water partition coefficient (Wildman–Crippen LogP) is 24.2. The fourth-order valence-corrected chi connectivity index (χ4v) is 9.77. The molecule has 0 aromatic heterocycles. The molecule has 0 aliphatic rings. The van der Waals surface area contributed by atoms with E-state index in [9.17, 15) is 14.4 Å². The first-order valence-electron chi connectivity index (χ1n) is 34.9. The second-order valence-corrected chi connectivity index (χ2v) is 23.1. The van der Waals surface area contributed by atoms with Crippen LogP contribution >= 0.6 is 0 Å². The zero-order chi connectivity index (χ0) is 59.2. The monoisotopic (exact) mass is 1140 g/mol. The highest BCUT2D eigenvalue weighted by Crippen LogP contribution is 2.16. The third-order valence-corrected chi connectivity index (χ3v) is 15.0. The molecule has 0 aliphatic heterocycles. The summed E-state index contributed by atoms with van der Waals surface area (Å²) in [7, 11) is 0. The molecule has 82 heavy (non-hydrogen) atoms. The van der Waals surface area contributed by atoms with Crippen LogP contribution < -0.4 is 0 Å². The maximum absolute atomic E-state index is 13.0. The third kappa shape index (κ3) is 66.9. The standard InChI is InChI=1S/C76H130O6/c1-4-7-10-13-16-19-22-25-28-31-34-36-37-38-39-41-42-45-48-51-54-57-60-63-66-69-75(78)81-72-73(71-80-74(77)68-65-62-59-56-53-50-47-44-33-30-27-24-21-18-15-12-9-6-3)82-76(79)70-67-64-61-58-55-52-49-46-43-40-35-32-29-26-23-20-17-14-11-8-5-2/h7,10,16,19,21,23-26,28,30,32-36,38-39,73H,4-6,8-9,11-15,17-18,20,22,27,29,31,37,40-72H2,1-3H3/b10-7-,19-16-,24-21-,26-23-,28-25-,33-30-,35-32-,36-34-,39-38-. The molecular formula is C76H130O6. The van der Waals surface area contributed by atoms with Crippen LogP contribution in [0.3, 0.4) is 0 Å². The fraction of sp³-hybridized carbons (Fsp3) is 0.724. The minimum absolute atomic E-state index is 0.0854. The Morgan fingerprint density at radius 1 is 0.256 bits per heavy atom. The Balaban J connectivity index is 4.40. The molecule has 0 N–H and O–H groups in total. The van der Waals surface area contributed by atoms with Crippen molar-refractivity contribution >= 4 is 17.9 Å². The molecule has 1 atom stereocenters.